The van der Waals surface area contributed by atoms with Gasteiger partial charge in [-0.15, -0.1) is 33.2 Å². The topological polar surface area (TPSA) is 23.1 Å². The van der Waals surface area contributed by atoms with Crippen LogP contribution in [0.25, 0.3) is 0 Å². The third-order valence-electron chi connectivity index (χ3n) is 1.20. The smallest absolute Gasteiger partial charge is 0.341 e. The number of halogens is 3. The zero-order valence-electron chi connectivity index (χ0n) is 6.69. The summed E-state index contributed by atoms with van der Waals surface area (Å²) in [6, 6.07) is -1.88. The molecule has 73 valence electrons. The van der Waals surface area contributed by atoms with Crippen LogP contribution in [0.3, 0.4) is 0 Å². The first-order valence-electron chi connectivity index (χ1n) is 3.66. The van der Waals surface area contributed by atoms with Crippen molar-refractivity contribution in [3.63, 3.8) is 0 Å². The van der Waals surface area contributed by atoms with Crippen molar-refractivity contribution in [2.24, 2.45) is 0 Å². The molecule has 0 bridgehead atoms. The van der Waals surface area contributed by atoms with Crippen molar-refractivity contribution in [2.45, 2.75) is 18.9 Å². The highest BCUT2D eigenvalue weighted by molar-refractivity contribution is 7.91. The van der Waals surface area contributed by atoms with Gasteiger partial charge in [-0.05, 0) is 25.8 Å². The Morgan fingerprint density at radius 2 is 1.83 bits per heavy atom. The van der Waals surface area contributed by atoms with Crippen LogP contribution >= 0.6 is 33.2 Å². The first kappa shape index (κ1) is 13.4. The average Bonchev–Trinajstić information content (AvgIpc) is 1.84. The van der Waals surface area contributed by atoms with Gasteiger partial charge in [-0.25, -0.2) is 0 Å². The predicted octanol–water partition coefficient (Wildman–Crippen LogP) is 3.00. The fraction of sp³-hybridized carbons (Fsp3) is 0.833. The van der Waals surface area contributed by atoms with Crippen molar-refractivity contribution >= 4 is 50.4 Å². The normalized spacial score (nSPS) is 14.8. The van der Waals surface area contributed by atoms with E-state index in [1.165, 1.54) is 0 Å². The van der Waals surface area contributed by atoms with E-state index in [0.29, 0.717) is 24.0 Å². The molecule has 1 nitrogen and oxygen atoms in total. The molecule has 0 aliphatic carbocycles. The Morgan fingerprint density at radius 3 is 2.25 bits per heavy atom. The highest BCUT2D eigenvalue weighted by atomic mass is 35.8. The molecule has 0 saturated carbocycles. The second kappa shape index (κ2) is 6.79. The quantitative estimate of drug-likeness (QED) is 0.412. The second-order valence-corrected chi connectivity index (χ2v) is 13.4. The Kier molecular flexibility index (Phi) is 7.58. The summed E-state index contributed by atoms with van der Waals surface area (Å²) >= 11 is 16.2. The third kappa shape index (κ3) is 9.48. The predicted molar refractivity (Wildman–Crippen MR) is 60.6 cm³/mol. The van der Waals surface area contributed by atoms with Crippen molar-refractivity contribution in [1.29, 1.82) is 0 Å². The lowest BCUT2D eigenvalue weighted by Crippen LogP contribution is -2.15. The Bertz CT molecular complexity index is 120. The van der Waals surface area contributed by atoms with Gasteiger partial charge in [-0.2, -0.15) is 0 Å². The molecule has 0 spiro atoms. The van der Waals surface area contributed by atoms with Crippen molar-refractivity contribution < 1.29 is 4.55 Å². The summed E-state index contributed by atoms with van der Waals surface area (Å²) in [6.45, 7) is 3.62. The molecule has 0 aromatic rings. The van der Waals surface area contributed by atoms with Crippen molar-refractivity contribution in [2.75, 3.05) is 11.5 Å². The Balaban J connectivity index is 3.31. The lowest BCUT2D eigenvalue weighted by Gasteiger charge is -2.11. The van der Waals surface area contributed by atoms with Crippen LogP contribution in [0.2, 0.25) is 6.04 Å². The largest absolute Gasteiger partial charge is 0.616 e. The Hall–Kier alpha value is 1.40. The Labute approximate surface area is 92.1 Å². The van der Waals surface area contributed by atoms with Gasteiger partial charge in [0, 0.05) is 0 Å². The fourth-order valence-corrected chi connectivity index (χ4v) is 3.73. The van der Waals surface area contributed by atoms with Crippen LogP contribution in [0.4, 0.5) is 0 Å². The van der Waals surface area contributed by atoms with E-state index in [2.05, 4.69) is 6.92 Å². The molecule has 0 amide bonds. The number of hydrogen-bond acceptors (Lipinski definition) is 1. The maximum absolute atomic E-state index is 11.1. The zero-order valence-corrected chi connectivity index (χ0v) is 10.8. The molecular weight excluding hydrogens is 255 g/mol. The zero-order chi connectivity index (χ0) is 9.61. The molecule has 1 unspecified atom stereocenters. The minimum atomic E-state index is -2.48. The van der Waals surface area contributed by atoms with Gasteiger partial charge in [0.1, 0.15) is 11.5 Å². The number of hydrogen-bond donors (Lipinski definition) is 0. The molecule has 0 saturated heterocycles. The third-order valence-corrected chi connectivity index (χ3v) is 5.31. The highest BCUT2D eigenvalue weighted by Crippen LogP contribution is 2.26. The molecule has 0 aliphatic rings. The average molecular weight is 267 g/mol. The summed E-state index contributed by atoms with van der Waals surface area (Å²) < 4.78 is 11.1. The second-order valence-electron chi connectivity index (χ2n) is 2.42. The minimum absolute atomic E-state index is 0.598. The molecule has 0 rings (SSSR count). The molecule has 0 heterocycles. The monoisotopic (exact) mass is 265 g/mol. The first-order chi connectivity index (χ1) is 5.45. The van der Waals surface area contributed by atoms with Crippen molar-refractivity contribution in [3.8, 4) is 0 Å². The Morgan fingerprint density at radius 1 is 1.25 bits per heavy atom. The van der Waals surface area contributed by atoms with Gasteiger partial charge in [0.2, 0.25) is 0 Å². The summed E-state index contributed by atoms with van der Waals surface area (Å²) in [6.07, 6.45) is 1.45. The van der Waals surface area contributed by atoms with E-state index >= 15 is 0 Å². The standard InChI is InChI=1S/C6H12Cl3OSSi/c1-2-4-11(10)5-3-6-12(7,8)9/h1-6H2. The molecule has 0 aliphatic heterocycles. The van der Waals surface area contributed by atoms with Crippen LogP contribution in [0.5, 0.6) is 0 Å². The summed E-state index contributed by atoms with van der Waals surface area (Å²) in [5.41, 5.74) is 0. The van der Waals surface area contributed by atoms with E-state index in [1.54, 1.807) is 0 Å². The molecule has 1 radical (unpaired) electrons. The van der Waals surface area contributed by atoms with E-state index in [4.69, 9.17) is 33.2 Å². The van der Waals surface area contributed by atoms with Crippen LogP contribution in [-0.2, 0) is 11.2 Å². The number of rotatable bonds is 6. The molecule has 6 heteroatoms. The van der Waals surface area contributed by atoms with Gasteiger partial charge in [0.05, 0.1) is 0 Å². The van der Waals surface area contributed by atoms with E-state index in [0.717, 1.165) is 6.42 Å². The molecule has 1 atom stereocenters. The first-order valence-corrected chi connectivity index (χ1v) is 10.4. The molecule has 0 aromatic heterocycles. The summed E-state index contributed by atoms with van der Waals surface area (Å²) in [5.74, 6) is 1.29. The van der Waals surface area contributed by atoms with Crippen LogP contribution in [-0.4, -0.2) is 22.1 Å². The van der Waals surface area contributed by atoms with Crippen LogP contribution < -0.4 is 0 Å². The minimum Gasteiger partial charge on any atom is -0.616 e. The summed E-state index contributed by atoms with van der Waals surface area (Å²) in [7, 11) is 0. The highest BCUT2D eigenvalue weighted by Gasteiger charge is 2.24. The fourth-order valence-electron chi connectivity index (χ4n) is 0.697. The molecule has 0 aromatic carbocycles. The van der Waals surface area contributed by atoms with Gasteiger partial charge in [-0.1, -0.05) is 11.2 Å². The SMILES string of the molecule is [CH2]CC[S+]([O-])CCC[Si](Cl)(Cl)Cl. The summed E-state index contributed by atoms with van der Waals surface area (Å²) in [5, 5.41) is 0. The van der Waals surface area contributed by atoms with Crippen LogP contribution in [0.15, 0.2) is 0 Å². The lowest BCUT2D eigenvalue weighted by atomic mass is 10.6. The van der Waals surface area contributed by atoms with E-state index in [9.17, 15) is 4.55 Å². The van der Waals surface area contributed by atoms with Gasteiger partial charge in [0.25, 0.3) is 0 Å². The van der Waals surface area contributed by atoms with E-state index < -0.39 is 17.2 Å². The lowest BCUT2D eigenvalue weighted by molar-refractivity contribution is 0.593. The van der Waals surface area contributed by atoms with Crippen molar-refractivity contribution in [1.82, 2.24) is 0 Å². The van der Waals surface area contributed by atoms with Crippen LogP contribution in [0, 0.1) is 6.92 Å². The van der Waals surface area contributed by atoms with Crippen LogP contribution in [0.1, 0.15) is 12.8 Å². The van der Waals surface area contributed by atoms with Gasteiger partial charge in [0.15, 0.2) is 0 Å². The maximum atomic E-state index is 11.1. The molecule has 12 heavy (non-hydrogen) atoms. The molecular formula is C6H12Cl3OSSi. The van der Waals surface area contributed by atoms with E-state index in [-0.39, 0.29) is 0 Å². The molecule has 0 N–H and O–H groups in total. The maximum Gasteiger partial charge on any atom is 0.341 e. The van der Waals surface area contributed by atoms with Gasteiger partial charge in [-0.3, -0.25) is 0 Å². The van der Waals surface area contributed by atoms with Gasteiger partial charge < -0.3 is 4.55 Å². The van der Waals surface area contributed by atoms with E-state index in [1.807, 2.05) is 0 Å². The van der Waals surface area contributed by atoms with Gasteiger partial charge >= 0.3 is 6.00 Å². The molecule has 0 fully saturated rings. The van der Waals surface area contributed by atoms with Crippen molar-refractivity contribution in [3.05, 3.63) is 6.92 Å². The summed E-state index contributed by atoms with van der Waals surface area (Å²) in [4.78, 5) is 0.